The van der Waals surface area contributed by atoms with E-state index in [2.05, 4.69) is 20.4 Å². The van der Waals surface area contributed by atoms with E-state index in [-0.39, 0.29) is 12.8 Å². The highest BCUT2D eigenvalue weighted by Crippen LogP contribution is 2.33. The monoisotopic (exact) mass is 734 g/mol. The second-order valence-corrected chi connectivity index (χ2v) is 12.3. The minimum Gasteiger partial charge on any atom is -0.378 e. The molecule has 0 aliphatic carbocycles. The van der Waals surface area contributed by atoms with Gasteiger partial charge in [-0.15, -0.1) is 0 Å². The zero-order valence-corrected chi connectivity index (χ0v) is 30.4. The fourth-order valence-corrected chi connectivity index (χ4v) is 5.78. The number of hydrogen-bond acceptors (Lipinski definition) is 15. The molecule has 0 atom stereocenters. The molecule has 3 aliphatic rings. The fraction of sp³-hybridized carbons (Fsp3) is 0.912. The van der Waals surface area contributed by atoms with Gasteiger partial charge in [0.25, 0.3) is 0 Å². The Labute approximate surface area is 302 Å². The summed E-state index contributed by atoms with van der Waals surface area (Å²) in [5.74, 6) is -1.10. The molecule has 17 nitrogen and oxygen atoms in total. The lowest BCUT2D eigenvalue weighted by atomic mass is 9.76. The van der Waals surface area contributed by atoms with E-state index < -0.39 is 23.3 Å². The first-order valence-corrected chi connectivity index (χ1v) is 18.5. The molecule has 4 amide bonds. The van der Waals surface area contributed by atoms with Crippen molar-refractivity contribution in [1.82, 2.24) is 20.4 Å². The summed E-state index contributed by atoms with van der Waals surface area (Å²) < 4.78 is 56.3. The van der Waals surface area contributed by atoms with Crippen molar-refractivity contribution in [2.45, 2.75) is 25.7 Å². The van der Waals surface area contributed by atoms with Gasteiger partial charge in [0.05, 0.1) is 132 Å². The highest BCUT2D eigenvalue weighted by Gasteiger charge is 2.49. The molecule has 3 aliphatic heterocycles. The first-order valence-electron chi connectivity index (χ1n) is 18.5. The minimum absolute atomic E-state index is 0.289. The van der Waals surface area contributed by atoms with Crippen molar-refractivity contribution < 1.29 is 61.8 Å². The van der Waals surface area contributed by atoms with Crippen molar-refractivity contribution in [2.24, 2.45) is 5.41 Å². The van der Waals surface area contributed by atoms with E-state index in [1.165, 1.54) is 0 Å². The van der Waals surface area contributed by atoms with Crippen LogP contribution in [0.5, 0.6) is 0 Å². The van der Waals surface area contributed by atoms with Gasteiger partial charge in [0.1, 0.15) is 5.41 Å². The molecule has 0 radical (unpaired) electrons. The van der Waals surface area contributed by atoms with E-state index in [0.717, 1.165) is 0 Å². The fourth-order valence-electron chi connectivity index (χ4n) is 5.78. The third-order valence-corrected chi connectivity index (χ3v) is 8.66. The van der Waals surface area contributed by atoms with Crippen molar-refractivity contribution in [3.8, 4) is 0 Å². The van der Waals surface area contributed by atoms with E-state index in [1.54, 1.807) is 0 Å². The van der Waals surface area contributed by atoms with Crippen LogP contribution in [-0.2, 0) is 57.0 Å². The Morgan fingerprint density at radius 3 is 0.882 bits per heavy atom. The standard InChI is InChI=1S/C34H62N4O13/c39-31-34(32(40)36-33(41)35-31,3-1-5-37-7-11-42-15-19-46-23-27-50-28-24-47-20-16-43-12-8-37)4-2-6-38-9-13-44-17-21-48-25-29-51-30-26-49-22-18-45-14-10-38/h1-30H2,(H2,35,36,39,40,41). The van der Waals surface area contributed by atoms with Crippen molar-refractivity contribution in [3.63, 3.8) is 0 Å². The lowest BCUT2D eigenvalue weighted by Gasteiger charge is -2.35. The molecule has 0 spiro atoms. The molecular weight excluding hydrogens is 672 g/mol. The van der Waals surface area contributed by atoms with Crippen LogP contribution in [0.2, 0.25) is 0 Å². The number of amides is 4. The van der Waals surface area contributed by atoms with Gasteiger partial charge < -0.3 is 47.4 Å². The topological polar surface area (TPSA) is 174 Å². The summed E-state index contributed by atoms with van der Waals surface area (Å²) >= 11 is 0. The van der Waals surface area contributed by atoms with E-state index >= 15 is 0 Å². The molecule has 0 aromatic rings. The first kappa shape index (κ1) is 43.5. The number of barbiturate groups is 1. The third kappa shape index (κ3) is 19.7. The number of rotatable bonds is 8. The van der Waals surface area contributed by atoms with Crippen molar-refractivity contribution in [2.75, 3.05) is 171 Å². The van der Waals surface area contributed by atoms with Crippen LogP contribution in [0.4, 0.5) is 4.79 Å². The van der Waals surface area contributed by atoms with Crippen LogP contribution in [0.1, 0.15) is 25.7 Å². The number of ether oxygens (including phenoxy) is 10. The maximum absolute atomic E-state index is 13.4. The average molecular weight is 735 g/mol. The molecule has 0 unspecified atom stereocenters. The van der Waals surface area contributed by atoms with Crippen LogP contribution >= 0.6 is 0 Å². The molecule has 3 saturated heterocycles. The lowest BCUT2D eigenvalue weighted by molar-refractivity contribution is -0.145. The molecular formula is C34H62N4O13. The number of carbonyl (C=O) groups excluding carboxylic acids is 3. The predicted octanol–water partition coefficient (Wildman–Crippen LogP) is -0.304. The quantitative estimate of drug-likeness (QED) is 0.311. The van der Waals surface area contributed by atoms with Gasteiger partial charge in [-0.3, -0.25) is 30.0 Å². The number of urea groups is 1. The maximum atomic E-state index is 13.4. The number of hydrogen-bond donors (Lipinski definition) is 2. The van der Waals surface area contributed by atoms with Gasteiger partial charge in [-0.05, 0) is 38.8 Å². The summed E-state index contributed by atoms with van der Waals surface area (Å²) in [7, 11) is 0. The van der Waals surface area contributed by atoms with Gasteiger partial charge in [-0.2, -0.15) is 0 Å². The van der Waals surface area contributed by atoms with E-state index in [0.29, 0.717) is 184 Å². The summed E-state index contributed by atoms with van der Waals surface area (Å²) in [5.41, 5.74) is -1.36. The van der Waals surface area contributed by atoms with Crippen molar-refractivity contribution in [1.29, 1.82) is 0 Å². The number of carbonyl (C=O) groups is 3. The summed E-state index contributed by atoms with van der Waals surface area (Å²) in [6.07, 6.45) is 1.69. The van der Waals surface area contributed by atoms with E-state index in [4.69, 9.17) is 47.4 Å². The van der Waals surface area contributed by atoms with Gasteiger partial charge in [0, 0.05) is 26.2 Å². The highest BCUT2D eigenvalue weighted by molar-refractivity contribution is 6.19. The predicted molar refractivity (Wildman–Crippen MR) is 184 cm³/mol. The number of imide groups is 2. The van der Waals surface area contributed by atoms with E-state index in [1.807, 2.05) is 0 Å². The second kappa shape index (κ2) is 28.6. The zero-order valence-electron chi connectivity index (χ0n) is 30.4. The van der Waals surface area contributed by atoms with Gasteiger partial charge in [0.15, 0.2) is 0 Å². The van der Waals surface area contributed by atoms with Crippen LogP contribution in [0.25, 0.3) is 0 Å². The van der Waals surface area contributed by atoms with Crippen molar-refractivity contribution >= 4 is 17.8 Å². The summed E-state index contributed by atoms with van der Waals surface area (Å²) in [6, 6.07) is -0.787. The molecule has 3 rings (SSSR count). The molecule has 0 saturated carbocycles. The lowest BCUT2D eigenvalue weighted by Crippen LogP contribution is -2.62. The Morgan fingerprint density at radius 2 is 0.627 bits per heavy atom. The summed E-state index contributed by atoms with van der Waals surface area (Å²) in [4.78, 5) is 43.2. The number of nitrogens with one attached hydrogen (secondary N) is 2. The molecule has 3 heterocycles. The van der Waals surface area contributed by atoms with Crippen LogP contribution in [0.3, 0.4) is 0 Å². The SMILES string of the molecule is O=C1NC(=O)C(CCCN2CCOCCOCCOCCOCCOCC2)(CCCN2CCOCCOCCOCCOCCOCC2)C(=O)N1. The molecule has 0 aromatic carbocycles. The Balaban J connectivity index is 1.52. The average Bonchev–Trinajstić information content (AvgIpc) is 3.11. The minimum atomic E-state index is -1.36. The smallest absolute Gasteiger partial charge is 0.328 e. The molecule has 2 N–H and O–H groups in total. The molecule has 0 aromatic heterocycles. The third-order valence-electron chi connectivity index (χ3n) is 8.66. The summed E-state index contributed by atoms with van der Waals surface area (Å²) in [6.45, 7) is 13.7. The Kier molecular flexibility index (Phi) is 24.4. The molecule has 296 valence electrons. The van der Waals surface area contributed by atoms with Crippen LogP contribution in [-0.4, -0.2) is 199 Å². The Morgan fingerprint density at radius 1 is 0.392 bits per heavy atom. The molecule has 17 heteroatoms. The van der Waals surface area contributed by atoms with Gasteiger partial charge in [-0.1, -0.05) is 0 Å². The largest absolute Gasteiger partial charge is 0.378 e. The molecule has 51 heavy (non-hydrogen) atoms. The first-order chi connectivity index (χ1) is 25.1. The van der Waals surface area contributed by atoms with Gasteiger partial charge in [0.2, 0.25) is 11.8 Å². The van der Waals surface area contributed by atoms with E-state index in [9.17, 15) is 14.4 Å². The molecule has 3 fully saturated rings. The highest BCUT2D eigenvalue weighted by atomic mass is 16.6. The van der Waals surface area contributed by atoms with Gasteiger partial charge >= 0.3 is 6.03 Å². The second-order valence-electron chi connectivity index (χ2n) is 12.3. The maximum Gasteiger partial charge on any atom is 0.328 e. The van der Waals surface area contributed by atoms with Crippen molar-refractivity contribution in [3.05, 3.63) is 0 Å². The van der Waals surface area contributed by atoms with Gasteiger partial charge in [-0.25, -0.2) is 4.79 Å². The Bertz CT molecular complexity index is 829. The van der Waals surface area contributed by atoms with Crippen LogP contribution < -0.4 is 10.6 Å². The normalized spacial score (nSPS) is 24.3. The summed E-state index contributed by atoms with van der Waals surface area (Å²) in [5, 5.41) is 4.70. The Hall–Kier alpha value is -1.87. The van der Waals surface area contributed by atoms with Crippen LogP contribution in [0.15, 0.2) is 0 Å². The zero-order chi connectivity index (χ0) is 36.1. The van der Waals surface area contributed by atoms with Crippen LogP contribution in [0, 0.1) is 5.41 Å². The molecule has 0 bridgehead atoms. The number of nitrogens with zero attached hydrogens (tertiary/aromatic N) is 2.